The highest BCUT2D eigenvalue weighted by Crippen LogP contribution is 2.69. The van der Waals surface area contributed by atoms with Crippen LogP contribution in [-0.2, 0) is 9.59 Å². The quantitative estimate of drug-likeness (QED) is 0.636. The third-order valence-corrected chi connectivity index (χ3v) is 8.78. The van der Waals surface area contributed by atoms with Crippen LogP contribution >= 0.6 is 0 Å². The van der Waals surface area contributed by atoms with E-state index >= 15 is 4.39 Å². The lowest BCUT2D eigenvalue weighted by molar-refractivity contribution is -0.222. The van der Waals surface area contributed by atoms with Crippen molar-refractivity contribution >= 4 is 11.6 Å². The third-order valence-electron chi connectivity index (χ3n) is 8.78. The molecule has 0 aromatic rings. The summed E-state index contributed by atoms with van der Waals surface area (Å²) in [6.07, 6.45) is 2.61. The van der Waals surface area contributed by atoms with Gasteiger partial charge in [0.25, 0.3) is 0 Å². The molecule has 4 aliphatic rings. The molecular formula is C21H29FO5. The molecule has 3 fully saturated rings. The number of fused-ring (bicyclic) bond motifs is 5. The van der Waals surface area contributed by atoms with Gasteiger partial charge in [-0.05, 0) is 38.0 Å². The largest absolute Gasteiger partial charge is 0.390 e. The summed E-state index contributed by atoms with van der Waals surface area (Å²) < 4.78 is 16.8. The van der Waals surface area contributed by atoms with Crippen LogP contribution in [0.15, 0.2) is 11.6 Å². The van der Waals surface area contributed by atoms with E-state index in [1.807, 2.05) is 13.0 Å². The van der Waals surface area contributed by atoms with Gasteiger partial charge in [0.05, 0.1) is 6.10 Å². The molecule has 3 N–H and O–H groups in total. The van der Waals surface area contributed by atoms with Crippen molar-refractivity contribution in [1.82, 2.24) is 0 Å². The molecule has 0 heterocycles. The van der Waals surface area contributed by atoms with Crippen molar-refractivity contribution in [2.24, 2.45) is 22.7 Å². The lowest BCUT2D eigenvalue weighted by Crippen LogP contribution is -2.69. The summed E-state index contributed by atoms with van der Waals surface area (Å²) in [6.45, 7) is 2.82. The maximum absolute atomic E-state index is 16.8. The van der Waals surface area contributed by atoms with Crippen molar-refractivity contribution in [2.75, 3.05) is 6.61 Å². The third kappa shape index (κ3) is 2.10. The first-order valence-corrected chi connectivity index (χ1v) is 9.99. The molecule has 3 saturated carbocycles. The Hall–Kier alpha value is -1.11. The second-order valence-corrected chi connectivity index (χ2v) is 9.61. The molecule has 0 radical (unpaired) electrons. The first-order valence-electron chi connectivity index (χ1n) is 9.99. The number of Topliss-reactive ketones (excluding diaryl/α,β-unsaturated/α-hetero) is 2. The van der Waals surface area contributed by atoms with Crippen LogP contribution in [-0.4, -0.2) is 50.9 Å². The molecule has 4 aliphatic carbocycles. The van der Waals surface area contributed by atoms with Crippen molar-refractivity contribution in [2.45, 2.75) is 76.2 Å². The highest BCUT2D eigenvalue weighted by Gasteiger charge is 2.73. The molecular weight excluding hydrogens is 351 g/mol. The van der Waals surface area contributed by atoms with Crippen LogP contribution in [0, 0.1) is 22.7 Å². The van der Waals surface area contributed by atoms with E-state index < -0.39 is 46.5 Å². The minimum absolute atomic E-state index is 0.0241. The first-order chi connectivity index (χ1) is 12.5. The van der Waals surface area contributed by atoms with Crippen molar-refractivity contribution < 1.29 is 29.3 Å². The van der Waals surface area contributed by atoms with Gasteiger partial charge in [-0.15, -0.1) is 0 Å². The summed E-state index contributed by atoms with van der Waals surface area (Å²) >= 11 is 0. The average molecular weight is 380 g/mol. The van der Waals surface area contributed by atoms with Gasteiger partial charge in [0.15, 0.2) is 5.78 Å². The minimum Gasteiger partial charge on any atom is -0.390 e. The number of hydrogen-bond acceptors (Lipinski definition) is 5. The monoisotopic (exact) mass is 380 g/mol. The van der Waals surface area contributed by atoms with Gasteiger partial charge in [0.2, 0.25) is 0 Å². The summed E-state index contributed by atoms with van der Waals surface area (Å²) in [6, 6.07) is 0. The van der Waals surface area contributed by atoms with Crippen LogP contribution in [0.25, 0.3) is 0 Å². The predicted octanol–water partition coefficient (Wildman–Crippen LogP) is 1.87. The minimum atomic E-state index is -1.88. The molecule has 27 heavy (non-hydrogen) atoms. The number of ketones is 2. The fraction of sp³-hybridized carbons (Fsp3) is 0.810. The molecule has 6 heteroatoms. The molecule has 150 valence electrons. The normalized spacial score (nSPS) is 51.9. The highest BCUT2D eigenvalue weighted by atomic mass is 19.1. The zero-order valence-corrected chi connectivity index (χ0v) is 16.0. The molecule has 7 atom stereocenters. The van der Waals surface area contributed by atoms with Gasteiger partial charge < -0.3 is 15.3 Å². The van der Waals surface area contributed by atoms with Gasteiger partial charge in [-0.25, -0.2) is 4.39 Å². The number of aliphatic hydroxyl groups excluding tert-OH is 2. The Morgan fingerprint density at radius 2 is 2.00 bits per heavy atom. The van der Waals surface area contributed by atoms with Gasteiger partial charge in [-0.2, -0.15) is 0 Å². The van der Waals surface area contributed by atoms with Gasteiger partial charge in [0.1, 0.15) is 23.7 Å². The van der Waals surface area contributed by atoms with E-state index in [9.17, 15) is 24.9 Å². The Labute approximate surface area is 158 Å². The number of aliphatic hydroxyl groups is 3. The molecule has 7 unspecified atom stereocenters. The zero-order valence-electron chi connectivity index (χ0n) is 16.0. The lowest BCUT2D eigenvalue weighted by atomic mass is 9.44. The maximum atomic E-state index is 16.8. The van der Waals surface area contributed by atoms with Crippen LogP contribution in [0.5, 0.6) is 0 Å². The molecule has 0 aromatic carbocycles. The Kier molecular flexibility index (Phi) is 4.06. The van der Waals surface area contributed by atoms with Crippen LogP contribution in [0.1, 0.15) is 58.8 Å². The second-order valence-electron chi connectivity index (χ2n) is 9.61. The van der Waals surface area contributed by atoms with Crippen molar-refractivity contribution in [1.29, 1.82) is 0 Å². The highest BCUT2D eigenvalue weighted by molar-refractivity contribution is 5.89. The van der Waals surface area contributed by atoms with Crippen molar-refractivity contribution in [3.05, 3.63) is 11.6 Å². The van der Waals surface area contributed by atoms with Crippen LogP contribution in [0.3, 0.4) is 0 Å². The van der Waals surface area contributed by atoms with Gasteiger partial charge >= 0.3 is 0 Å². The Morgan fingerprint density at radius 3 is 2.67 bits per heavy atom. The molecule has 0 amide bonds. The lowest BCUT2D eigenvalue weighted by Gasteiger charge is -2.62. The number of carbonyl (C=O) groups excluding carboxylic acids is 2. The summed E-state index contributed by atoms with van der Waals surface area (Å²) in [5, 5.41) is 31.5. The fourth-order valence-electron chi connectivity index (χ4n) is 7.08. The standard InChI is InChI=1S/C21H29FO5/c1-18-7-5-13(24)9-12(18)3-4-15-14-6-8-20(27,17(26)11-23)19(14,2)10-16(25)21(15,18)22/h3,14-16,23,25,27H,4-11H2,1-2H3. The number of rotatable bonds is 2. The van der Waals surface area contributed by atoms with Crippen molar-refractivity contribution in [3.8, 4) is 0 Å². The van der Waals surface area contributed by atoms with Gasteiger partial charge in [-0.3, -0.25) is 9.59 Å². The second kappa shape index (κ2) is 5.71. The fourth-order valence-corrected chi connectivity index (χ4v) is 7.08. The molecule has 0 bridgehead atoms. The molecule has 5 nitrogen and oxygen atoms in total. The van der Waals surface area contributed by atoms with Crippen LogP contribution in [0.2, 0.25) is 0 Å². The van der Waals surface area contributed by atoms with E-state index in [1.54, 1.807) is 6.92 Å². The van der Waals surface area contributed by atoms with Crippen LogP contribution < -0.4 is 0 Å². The molecule has 0 saturated heterocycles. The van der Waals surface area contributed by atoms with Gasteiger partial charge in [-0.1, -0.05) is 25.5 Å². The zero-order chi connectivity index (χ0) is 19.8. The number of allylic oxidation sites excluding steroid dienone is 2. The maximum Gasteiger partial charge on any atom is 0.190 e. The Balaban J connectivity index is 1.80. The van der Waals surface area contributed by atoms with Gasteiger partial charge in [0, 0.05) is 29.6 Å². The van der Waals surface area contributed by atoms with E-state index in [0.29, 0.717) is 25.7 Å². The number of carbonyl (C=O) groups is 2. The number of alkyl halides is 1. The average Bonchev–Trinajstić information content (AvgIpc) is 2.88. The summed E-state index contributed by atoms with van der Waals surface area (Å²) in [7, 11) is 0. The Morgan fingerprint density at radius 1 is 1.30 bits per heavy atom. The van der Waals surface area contributed by atoms with E-state index in [1.165, 1.54) is 0 Å². The Bertz CT molecular complexity index is 734. The summed E-state index contributed by atoms with van der Waals surface area (Å²) in [5.41, 5.74) is -4.69. The van der Waals surface area contributed by atoms with E-state index in [2.05, 4.69) is 0 Å². The van der Waals surface area contributed by atoms with E-state index in [0.717, 1.165) is 5.57 Å². The van der Waals surface area contributed by atoms with E-state index in [4.69, 9.17) is 0 Å². The summed E-state index contributed by atoms with van der Waals surface area (Å²) in [5.74, 6) is -1.32. The van der Waals surface area contributed by atoms with Crippen molar-refractivity contribution in [3.63, 3.8) is 0 Å². The first kappa shape index (κ1) is 19.2. The number of halogens is 1. The molecule has 4 rings (SSSR count). The topological polar surface area (TPSA) is 94.8 Å². The molecule has 0 spiro atoms. The van der Waals surface area contributed by atoms with Crippen LogP contribution in [0.4, 0.5) is 4.39 Å². The smallest absolute Gasteiger partial charge is 0.190 e. The molecule has 0 aliphatic heterocycles. The summed E-state index contributed by atoms with van der Waals surface area (Å²) in [4.78, 5) is 24.3. The predicted molar refractivity (Wildman–Crippen MR) is 95.5 cm³/mol. The molecule has 0 aromatic heterocycles. The SMILES string of the molecule is CC12CCC(=O)CC1=CCC1C3CCC(O)(C(=O)CO)C3(C)CC(O)C12F. The van der Waals surface area contributed by atoms with E-state index in [-0.39, 0.29) is 31.0 Å². The number of hydrogen-bond donors (Lipinski definition) is 3.